The smallest absolute Gasteiger partial charge is 0.216 e. The number of rotatable bonds is 5. The van der Waals surface area contributed by atoms with Gasteiger partial charge in [0.15, 0.2) is 23.2 Å². The number of halogens is 1. The lowest BCUT2D eigenvalue weighted by molar-refractivity contribution is 0.0936. The van der Waals surface area contributed by atoms with E-state index in [9.17, 15) is 0 Å². The first-order valence-electron chi connectivity index (χ1n) is 8.60. The molecule has 3 heterocycles. The Kier molecular flexibility index (Phi) is 6.74. The van der Waals surface area contributed by atoms with Crippen molar-refractivity contribution < 1.29 is 13.9 Å². The largest absolute Gasteiger partial charge is 0.486 e. The van der Waals surface area contributed by atoms with E-state index < -0.39 is 0 Å². The standard InChI is InChI=1S/C18H20N6O3.HI/c1-19-18(20-9-12-11-26-13-5-2-3-6-14(13)27-12)21-10-16-22-17(24-23-16)15-7-4-8-25-15;/h2-8,12H,9-11H2,1H3,(H2,19,20,21)(H,22,23,24);1H. The topological polar surface area (TPSA) is 110 Å². The monoisotopic (exact) mass is 496 g/mol. The molecule has 148 valence electrons. The van der Waals surface area contributed by atoms with E-state index in [2.05, 4.69) is 30.8 Å². The lowest BCUT2D eigenvalue weighted by atomic mass is 10.2. The minimum Gasteiger partial charge on any atom is -0.486 e. The second kappa shape index (κ2) is 9.44. The summed E-state index contributed by atoms with van der Waals surface area (Å²) in [6.07, 6.45) is 1.49. The third kappa shape index (κ3) is 4.74. The van der Waals surface area contributed by atoms with Gasteiger partial charge in [-0.1, -0.05) is 12.1 Å². The summed E-state index contributed by atoms with van der Waals surface area (Å²) in [5, 5.41) is 13.4. The molecule has 0 spiro atoms. The first-order chi connectivity index (χ1) is 13.3. The second-order valence-electron chi connectivity index (χ2n) is 5.89. The molecule has 2 aromatic heterocycles. The van der Waals surface area contributed by atoms with E-state index in [0.717, 1.165) is 11.5 Å². The summed E-state index contributed by atoms with van der Waals surface area (Å²) < 4.78 is 16.9. The fraction of sp³-hybridized carbons (Fsp3) is 0.278. The van der Waals surface area contributed by atoms with Gasteiger partial charge in [-0.15, -0.1) is 29.1 Å². The highest BCUT2D eigenvalue weighted by Crippen LogP contribution is 2.30. The molecule has 0 aliphatic carbocycles. The summed E-state index contributed by atoms with van der Waals surface area (Å²) in [5.41, 5.74) is 0. The summed E-state index contributed by atoms with van der Waals surface area (Å²) in [4.78, 5) is 8.59. The Balaban J connectivity index is 0.00000225. The molecule has 0 bridgehead atoms. The number of aromatic nitrogens is 3. The Morgan fingerprint density at radius 2 is 2.07 bits per heavy atom. The molecule has 3 N–H and O–H groups in total. The zero-order valence-electron chi connectivity index (χ0n) is 15.2. The number of nitrogens with one attached hydrogen (secondary N) is 3. The van der Waals surface area contributed by atoms with Gasteiger partial charge < -0.3 is 24.5 Å². The number of nitrogens with zero attached hydrogens (tertiary/aromatic N) is 3. The van der Waals surface area contributed by atoms with Gasteiger partial charge in [0.2, 0.25) is 5.82 Å². The van der Waals surface area contributed by atoms with E-state index in [0.29, 0.717) is 43.1 Å². The first-order valence-corrected chi connectivity index (χ1v) is 8.60. The van der Waals surface area contributed by atoms with Crippen molar-refractivity contribution in [1.29, 1.82) is 0 Å². The number of hydrogen-bond donors (Lipinski definition) is 3. The molecule has 0 radical (unpaired) electrons. The van der Waals surface area contributed by atoms with Gasteiger partial charge in [-0.3, -0.25) is 10.1 Å². The lowest BCUT2D eigenvalue weighted by Gasteiger charge is -2.27. The van der Waals surface area contributed by atoms with Crippen molar-refractivity contribution in [2.45, 2.75) is 12.6 Å². The Labute approximate surface area is 179 Å². The highest BCUT2D eigenvalue weighted by molar-refractivity contribution is 14.0. The van der Waals surface area contributed by atoms with E-state index in [1.54, 1.807) is 19.4 Å². The van der Waals surface area contributed by atoms with Crippen LogP contribution in [0.15, 0.2) is 52.1 Å². The maximum absolute atomic E-state index is 5.93. The van der Waals surface area contributed by atoms with Crippen molar-refractivity contribution in [2.75, 3.05) is 20.2 Å². The molecule has 1 aromatic carbocycles. The van der Waals surface area contributed by atoms with Gasteiger partial charge in [0.1, 0.15) is 18.5 Å². The zero-order valence-corrected chi connectivity index (χ0v) is 17.5. The Morgan fingerprint density at radius 1 is 1.21 bits per heavy atom. The molecular formula is C18H21IN6O3. The summed E-state index contributed by atoms with van der Waals surface area (Å²) in [6.45, 7) is 1.48. The fourth-order valence-electron chi connectivity index (χ4n) is 2.65. The average molecular weight is 496 g/mol. The van der Waals surface area contributed by atoms with Gasteiger partial charge in [0.25, 0.3) is 0 Å². The average Bonchev–Trinajstić information content (AvgIpc) is 3.40. The number of furan rings is 1. The number of guanidine groups is 1. The van der Waals surface area contributed by atoms with Crippen molar-refractivity contribution in [3.8, 4) is 23.1 Å². The predicted octanol–water partition coefficient (Wildman–Crippen LogP) is 2.19. The number of hydrogen-bond acceptors (Lipinski definition) is 6. The van der Waals surface area contributed by atoms with Crippen molar-refractivity contribution >= 4 is 29.9 Å². The number of ether oxygens (including phenoxy) is 2. The molecule has 1 unspecified atom stereocenters. The highest BCUT2D eigenvalue weighted by atomic mass is 127. The van der Waals surface area contributed by atoms with E-state index >= 15 is 0 Å². The third-order valence-corrected chi connectivity index (χ3v) is 3.98. The molecule has 1 atom stereocenters. The molecule has 0 fully saturated rings. The van der Waals surface area contributed by atoms with Crippen molar-refractivity contribution in [1.82, 2.24) is 25.8 Å². The number of benzene rings is 1. The maximum atomic E-state index is 5.93. The van der Waals surface area contributed by atoms with Crippen molar-refractivity contribution in [3.05, 3.63) is 48.5 Å². The number of fused-ring (bicyclic) bond motifs is 1. The van der Waals surface area contributed by atoms with Gasteiger partial charge >= 0.3 is 0 Å². The van der Waals surface area contributed by atoms with Gasteiger partial charge in [-0.2, -0.15) is 0 Å². The molecule has 9 nitrogen and oxygen atoms in total. The summed E-state index contributed by atoms with van der Waals surface area (Å²) >= 11 is 0. The second-order valence-corrected chi connectivity index (χ2v) is 5.89. The van der Waals surface area contributed by atoms with Crippen molar-refractivity contribution in [2.24, 2.45) is 4.99 Å². The minimum atomic E-state index is -0.103. The van der Waals surface area contributed by atoms with Gasteiger partial charge in [-0.05, 0) is 24.3 Å². The lowest BCUT2D eigenvalue weighted by Crippen LogP contribution is -2.45. The van der Waals surface area contributed by atoms with Crippen LogP contribution < -0.4 is 20.1 Å². The summed E-state index contributed by atoms with van der Waals surface area (Å²) in [7, 11) is 1.71. The SMILES string of the molecule is CN=C(NCc1nc(-c2ccco2)n[nH]1)NCC1COc2ccccc2O1.I. The molecule has 4 rings (SSSR count). The molecule has 0 saturated heterocycles. The summed E-state index contributed by atoms with van der Waals surface area (Å²) in [5.74, 6) is 3.98. The summed E-state index contributed by atoms with van der Waals surface area (Å²) in [6, 6.07) is 11.2. The molecule has 10 heteroatoms. The van der Waals surface area contributed by atoms with Crippen LogP contribution in [-0.2, 0) is 6.54 Å². The number of aliphatic imine (C=N–C) groups is 1. The van der Waals surface area contributed by atoms with E-state index in [1.165, 1.54) is 0 Å². The number of aromatic amines is 1. The van der Waals surface area contributed by atoms with Crippen LogP contribution in [0.2, 0.25) is 0 Å². The fourth-order valence-corrected chi connectivity index (χ4v) is 2.65. The van der Waals surface area contributed by atoms with E-state index in [1.807, 2.05) is 30.3 Å². The van der Waals surface area contributed by atoms with Gasteiger partial charge in [-0.25, -0.2) is 4.98 Å². The van der Waals surface area contributed by atoms with Crippen LogP contribution in [0.25, 0.3) is 11.6 Å². The third-order valence-electron chi connectivity index (χ3n) is 3.98. The number of para-hydroxylation sites is 2. The van der Waals surface area contributed by atoms with Crippen molar-refractivity contribution in [3.63, 3.8) is 0 Å². The predicted molar refractivity (Wildman–Crippen MR) is 114 cm³/mol. The van der Waals surface area contributed by atoms with Crippen LogP contribution in [0.4, 0.5) is 0 Å². The molecule has 0 saturated carbocycles. The number of H-pyrrole nitrogens is 1. The molecule has 28 heavy (non-hydrogen) atoms. The van der Waals surface area contributed by atoms with Crippen LogP contribution in [0, 0.1) is 0 Å². The normalized spacial score (nSPS) is 15.6. The highest BCUT2D eigenvalue weighted by Gasteiger charge is 2.20. The zero-order chi connectivity index (χ0) is 18.5. The molecule has 1 aliphatic heterocycles. The Morgan fingerprint density at radius 3 is 2.86 bits per heavy atom. The van der Waals surface area contributed by atoms with Crippen LogP contribution in [0.1, 0.15) is 5.82 Å². The van der Waals surface area contributed by atoms with Crippen LogP contribution in [0.3, 0.4) is 0 Å². The van der Waals surface area contributed by atoms with Gasteiger partial charge in [0.05, 0.1) is 19.4 Å². The Bertz CT molecular complexity index is 912. The minimum absolute atomic E-state index is 0. The van der Waals surface area contributed by atoms with E-state index in [4.69, 9.17) is 13.9 Å². The van der Waals surface area contributed by atoms with Crippen LogP contribution in [-0.4, -0.2) is 47.4 Å². The van der Waals surface area contributed by atoms with E-state index in [-0.39, 0.29) is 30.1 Å². The first kappa shape index (κ1) is 20.0. The Hall–Kier alpha value is -2.76. The molecule has 0 amide bonds. The van der Waals surface area contributed by atoms with Gasteiger partial charge in [0, 0.05) is 7.05 Å². The molecule has 3 aromatic rings. The maximum Gasteiger partial charge on any atom is 0.216 e. The van der Waals surface area contributed by atoms with Crippen LogP contribution in [0.5, 0.6) is 11.5 Å². The van der Waals surface area contributed by atoms with Crippen LogP contribution >= 0.6 is 24.0 Å². The molecular weight excluding hydrogens is 475 g/mol. The quantitative estimate of drug-likeness (QED) is 0.282. The molecule has 1 aliphatic rings.